The first-order chi connectivity index (χ1) is 9.95. The lowest BCUT2D eigenvalue weighted by Gasteiger charge is -2.43. The number of nitrogens with zero attached hydrogens (tertiary/aromatic N) is 1. The number of likely N-dealkylation sites (N-methyl/N-ethyl adjacent to an activating group) is 1. The summed E-state index contributed by atoms with van der Waals surface area (Å²) < 4.78 is 13.2. The van der Waals surface area contributed by atoms with E-state index in [-0.39, 0.29) is 11.4 Å². The molecule has 1 unspecified atom stereocenters. The maximum Gasteiger partial charge on any atom is 0.124 e. The molecule has 21 heavy (non-hydrogen) atoms. The Morgan fingerprint density at radius 2 is 2.00 bits per heavy atom. The zero-order chi connectivity index (χ0) is 15.5. The monoisotopic (exact) mass is 312 g/mol. The first-order valence-electron chi connectivity index (χ1n) is 7.87. The summed E-state index contributed by atoms with van der Waals surface area (Å²) >= 11 is 6.20. The molecule has 1 saturated heterocycles. The van der Waals surface area contributed by atoms with Gasteiger partial charge in [-0.25, -0.2) is 4.39 Å². The number of hydrogen-bond donors (Lipinski definition) is 1. The summed E-state index contributed by atoms with van der Waals surface area (Å²) in [6.45, 7) is 9.95. The van der Waals surface area contributed by atoms with Gasteiger partial charge >= 0.3 is 0 Å². The van der Waals surface area contributed by atoms with Crippen molar-refractivity contribution in [3.8, 4) is 0 Å². The van der Waals surface area contributed by atoms with Gasteiger partial charge in [0.1, 0.15) is 5.82 Å². The van der Waals surface area contributed by atoms with Gasteiger partial charge in [-0.1, -0.05) is 24.6 Å². The molecule has 2 nitrogen and oxygen atoms in total. The average molecular weight is 313 g/mol. The Kier molecular flexibility index (Phi) is 5.64. The van der Waals surface area contributed by atoms with Crippen molar-refractivity contribution in [1.29, 1.82) is 0 Å². The van der Waals surface area contributed by atoms with Gasteiger partial charge in [-0.2, -0.15) is 0 Å². The predicted octanol–water partition coefficient (Wildman–Crippen LogP) is 3.87. The van der Waals surface area contributed by atoms with Crippen LogP contribution in [0.4, 0.5) is 4.39 Å². The molecule has 1 fully saturated rings. The van der Waals surface area contributed by atoms with E-state index in [1.807, 2.05) is 6.07 Å². The fourth-order valence-electron chi connectivity index (χ4n) is 3.24. The molecule has 1 heterocycles. The van der Waals surface area contributed by atoms with E-state index in [9.17, 15) is 4.39 Å². The lowest BCUT2D eigenvalue weighted by Crippen LogP contribution is -2.57. The quantitative estimate of drug-likeness (QED) is 0.857. The van der Waals surface area contributed by atoms with E-state index in [0.717, 1.165) is 31.6 Å². The molecule has 0 aromatic heterocycles. The van der Waals surface area contributed by atoms with Gasteiger partial charge in [0.25, 0.3) is 0 Å². The van der Waals surface area contributed by atoms with Crippen LogP contribution in [0.5, 0.6) is 0 Å². The summed E-state index contributed by atoms with van der Waals surface area (Å²) in [5.74, 6) is -0.275. The molecule has 0 saturated carbocycles. The van der Waals surface area contributed by atoms with E-state index in [1.54, 1.807) is 0 Å². The van der Waals surface area contributed by atoms with Crippen LogP contribution in [0.2, 0.25) is 5.02 Å². The second kappa shape index (κ2) is 7.08. The topological polar surface area (TPSA) is 15.3 Å². The molecule has 1 atom stereocenters. The third-order valence-electron chi connectivity index (χ3n) is 4.66. The van der Waals surface area contributed by atoms with E-state index in [2.05, 4.69) is 31.0 Å². The summed E-state index contributed by atoms with van der Waals surface area (Å²) in [6.07, 6.45) is 3.37. The molecule has 118 valence electrons. The van der Waals surface area contributed by atoms with Crippen molar-refractivity contribution in [2.75, 3.05) is 19.6 Å². The highest BCUT2D eigenvalue weighted by molar-refractivity contribution is 6.31. The second-order valence-electron chi connectivity index (χ2n) is 6.40. The third-order valence-corrected chi connectivity index (χ3v) is 5.02. The number of likely N-dealkylation sites (tertiary alicyclic amines) is 1. The molecule has 0 aliphatic carbocycles. The highest BCUT2D eigenvalue weighted by atomic mass is 35.5. The SMILES string of the molecule is CCNC(Cc1ccc(F)cc1Cl)C(C)(C)N1CCCC1. The standard InChI is InChI=1S/C17H26ClFN2/c1-4-20-16(17(2,3)21-9-5-6-10-21)11-13-7-8-14(19)12-15(13)18/h7-8,12,16,20H,4-6,9-11H2,1-3H3. The maximum atomic E-state index is 13.2. The first kappa shape index (κ1) is 16.7. The van der Waals surface area contributed by atoms with Gasteiger partial charge in [0.05, 0.1) is 0 Å². The number of halogens is 2. The van der Waals surface area contributed by atoms with Gasteiger partial charge in [-0.05, 0) is 70.4 Å². The third kappa shape index (κ3) is 3.97. The summed E-state index contributed by atoms with van der Waals surface area (Å²) in [7, 11) is 0. The number of hydrogen-bond acceptors (Lipinski definition) is 2. The fourth-order valence-corrected chi connectivity index (χ4v) is 3.48. The molecule has 1 aliphatic rings. The van der Waals surface area contributed by atoms with Crippen LogP contribution in [0.1, 0.15) is 39.2 Å². The molecule has 0 spiro atoms. The normalized spacial score (nSPS) is 18.1. The lowest BCUT2D eigenvalue weighted by molar-refractivity contribution is 0.107. The summed E-state index contributed by atoms with van der Waals surface area (Å²) in [5.41, 5.74) is 1.07. The van der Waals surface area contributed by atoms with E-state index >= 15 is 0 Å². The van der Waals surface area contributed by atoms with Crippen molar-refractivity contribution in [1.82, 2.24) is 10.2 Å². The predicted molar refractivity (Wildman–Crippen MR) is 87.5 cm³/mol. The maximum absolute atomic E-state index is 13.2. The minimum atomic E-state index is -0.275. The molecule has 0 bridgehead atoms. The van der Waals surface area contributed by atoms with E-state index < -0.39 is 0 Å². The van der Waals surface area contributed by atoms with E-state index in [1.165, 1.54) is 25.0 Å². The smallest absolute Gasteiger partial charge is 0.124 e. The fraction of sp³-hybridized carbons (Fsp3) is 0.647. The minimum Gasteiger partial charge on any atom is -0.312 e. The zero-order valence-electron chi connectivity index (χ0n) is 13.3. The van der Waals surface area contributed by atoms with Crippen LogP contribution in [-0.4, -0.2) is 36.1 Å². The molecule has 0 amide bonds. The Morgan fingerprint density at radius 3 is 2.57 bits per heavy atom. The van der Waals surface area contributed by atoms with Crippen molar-refractivity contribution in [2.45, 2.75) is 51.6 Å². The van der Waals surface area contributed by atoms with Crippen LogP contribution in [0, 0.1) is 5.82 Å². The largest absolute Gasteiger partial charge is 0.312 e. The Labute approximate surface area is 132 Å². The van der Waals surface area contributed by atoms with Gasteiger partial charge in [-0.3, -0.25) is 4.90 Å². The van der Waals surface area contributed by atoms with Gasteiger partial charge in [0.15, 0.2) is 0 Å². The van der Waals surface area contributed by atoms with Crippen molar-refractivity contribution in [2.24, 2.45) is 0 Å². The minimum absolute atomic E-state index is 0.0597. The Balaban J connectivity index is 2.17. The Hall–Kier alpha value is -0.640. The van der Waals surface area contributed by atoms with Crippen molar-refractivity contribution >= 4 is 11.6 Å². The van der Waals surface area contributed by atoms with E-state index in [0.29, 0.717) is 11.1 Å². The second-order valence-corrected chi connectivity index (χ2v) is 6.81. The molecule has 1 aromatic rings. The zero-order valence-corrected chi connectivity index (χ0v) is 14.0. The van der Waals surface area contributed by atoms with E-state index in [4.69, 9.17) is 11.6 Å². The molecule has 1 aromatic carbocycles. The van der Waals surface area contributed by atoms with Gasteiger partial charge in [0, 0.05) is 16.6 Å². The number of rotatable bonds is 6. The molecule has 2 rings (SSSR count). The van der Waals surface area contributed by atoms with Crippen LogP contribution in [0.3, 0.4) is 0 Å². The molecule has 4 heteroatoms. The Bertz CT molecular complexity index is 470. The summed E-state index contributed by atoms with van der Waals surface area (Å²) in [5, 5.41) is 4.12. The van der Waals surface area contributed by atoms with Gasteiger partial charge in [0.2, 0.25) is 0 Å². The number of nitrogens with one attached hydrogen (secondary N) is 1. The van der Waals surface area contributed by atoms with Gasteiger partial charge in [-0.15, -0.1) is 0 Å². The molecule has 0 radical (unpaired) electrons. The molecule has 1 aliphatic heterocycles. The average Bonchev–Trinajstić information content (AvgIpc) is 2.95. The Morgan fingerprint density at radius 1 is 1.33 bits per heavy atom. The highest BCUT2D eigenvalue weighted by Gasteiger charge is 2.36. The van der Waals surface area contributed by atoms with Crippen molar-refractivity contribution < 1.29 is 4.39 Å². The lowest BCUT2D eigenvalue weighted by atomic mass is 9.87. The molecular formula is C17H26ClFN2. The summed E-state index contributed by atoms with van der Waals surface area (Å²) in [6, 6.07) is 5.00. The molecular weight excluding hydrogens is 287 g/mol. The van der Waals surface area contributed by atoms with Crippen LogP contribution in [0.25, 0.3) is 0 Å². The van der Waals surface area contributed by atoms with Crippen LogP contribution in [-0.2, 0) is 6.42 Å². The van der Waals surface area contributed by atoms with Crippen LogP contribution < -0.4 is 5.32 Å². The summed E-state index contributed by atoms with van der Waals surface area (Å²) in [4.78, 5) is 2.55. The highest BCUT2D eigenvalue weighted by Crippen LogP contribution is 2.28. The van der Waals surface area contributed by atoms with Crippen molar-refractivity contribution in [3.05, 3.63) is 34.6 Å². The molecule has 1 N–H and O–H groups in total. The van der Waals surface area contributed by atoms with Crippen LogP contribution in [0.15, 0.2) is 18.2 Å². The van der Waals surface area contributed by atoms with Crippen molar-refractivity contribution in [3.63, 3.8) is 0 Å². The van der Waals surface area contributed by atoms with Crippen LogP contribution >= 0.6 is 11.6 Å². The van der Waals surface area contributed by atoms with Gasteiger partial charge < -0.3 is 5.32 Å². The first-order valence-corrected chi connectivity index (χ1v) is 8.25. The number of benzene rings is 1.